The van der Waals surface area contributed by atoms with Crippen molar-refractivity contribution in [1.82, 2.24) is 9.55 Å². The number of nitriles is 1. The van der Waals surface area contributed by atoms with E-state index in [0.29, 0.717) is 53.6 Å². The van der Waals surface area contributed by atoms with Crippen LogP contribution in [-0.2, 0) is 23.8 Å². The number of Topliss-reactive ketones (excluding diaryl/α,β-unsaturated/α-hetero) is 1. The van der Waals surface area contributed by atoms with Crippen LogP contribution in [0, 0.1) is 17.1 Å². The molecule has 1 atom stereocenters. The number of alkyl halides is 3. The summed E-state index contributed by atoms with van der Waals surface area (Å²) in [6.45, 7) is 8.55. The van der Waals surface area contributed by atoms with E-state index in [2.05, 4.69) is 6.07 Å². The molecule has 1 aromatic heterocycles. The Labute approximate surface area is 230 Å². The van der Waals surface area contributed by atoms with Gasteiger partial charge in [-0.3, -0.25) is 14.2 Å². The van der Waals surface area contributed by atoms with Crippen molar-refractivity contribution < 1.29 is 22.4 Å². The Morgan fingerprint density at radius 1 is 1.23 bits per heavy atom. The van der Waals surface area contributed by atoms with E-state index in [1.54, 1.807) is 45.1 Å². The summed E-state index contributed by atoms with van der Waals surface area (Å²) in [6.07, 6.45) is 2.62. The predicted molar refractivity (Wildman–Crippen MR) is 146 cm³/mol. The molecule has 0 radical (unpaired) electrons. The van der Waals surface area contributed by atoms with Gasteiger partial charge in [0.25, 0.3) is 5.56 Å². The molecule has 1 aromatic carbocycles. The number of benzene rings is 1. The predicted octanol–water partition coefficient (Wildman–Crippen LogP) is 6.37. The summed E-state index contributed by atoms with van der Waals surface area (Å²) in [5.74, 6) is -1.44. The first-order valence-corrected chi connectivity index (χ1v) is 13.1. The number of hydrogen-bond donors (Lipinski definition) is 0. The second kappa shape index (κ2) is 12.9. The van der Waals surface area contributed by atoms with E-state index in [-0.39, 0.29) is 29.7 Å². The Bertz CT molecular complexity index is 1460. The van der Waals surface area contributed by atoms with E-state index in [0.717, 1.165) is 19.0 Å². The summed E-state index contributed by atoms with van der Waals surface area (Å²) in [4.78, 5) is 33.7. The quantitative estimate of drug-likeness (QED) is 0.204. The molecular formula is C30H32F4N4O2. The van der Waals surface area contributed by atoms with Crippen LogP contribution in [0.15, 0.2) is 52.9 Å². The number of fused-ring (bicyclic) bond motifs is 1. The zero-order chi connectivity index (χ0) is 29.6. The van der Waals surface area contributed by atoms with Gasteiger partial charge < -0.3 is 4.90 Å². The number of hydrogen-bond acceptors (Lipinski definition) is 5. The fourth-order valence-electron chi connectivity index (χ4n) is 4.79. The van der Waals surface area contributed by atoms with Gasteiger partial charge in [0.05, 0.1) is 17.2 Å². The van der Waals surface area contributed by atoms with E-state index < -0.39 is 23.5 Å². The number of allylic oxidation sites excluding steroid dienone is 6. The number of nitrogens with zero attached hydrogens (tertiary/aromatic N) is 4. The Balaban J connectivity index is 2.03. The normalized spacial score (nSPS) is 15.2. The van der Waals surface area contributed by atoms with E-state index in [1.807, 2.05) is 11.8 Å². The fourth-order valence-corrected chi connectivity index (χ4v) is 4.79. The molecule has 0 saturated carbocycles. The molecule has 40 heavy (non-hydrogen) atoms. The van der Waals surface area contributed by atoms with Crippen LogP contribution in [0.3, 0.4) is 0 Å². The molecule has 3 rings (SSSR count). The minimum absolute atomic E-state index is 0.0475. The minimum Gasteiger partial charge on any atom is -0.356 e. The van der Waals surface area contributed by atoms with Gasteiger partial charge in [-0.2, -0.15) is 18.4 Å². The standard InChI is InChI=1S/C30H32F4N4O2/c1-5-20(18-35)10-12-22(6-2)38-27(36-28-24(29(38)40)9-8-14-37(28)7-3)19(4)15-23(39)16-21-11-13-26(31)25(17-21)30(32,33)34/h5-6,10-13,17,19H,7-9,14-16H2,1-4H3/b12-10-,20-5+,22-6+. The van der Waals surface area contributed by atoms with Crippen LogP contribution in [0.5, 0.6) is 0 Å². The highest BCUT2D eigenvalue weighted by Gasteiger charge is 2.34. The van der Waals surface area contributed by atoms with Crippen LogP contribution in [-0.4, -0.2) is 28.4 Å². The lowest BCUT2D eigenvalue weighted by Gasteiger charge is -2.31. The summed E-state index contributed by atoms with van der Waals surface area (Å²) in [6, 6.07) is 4.59. The maximum Gasteiger partial charge on any atom is 0.419 e. The van der Waals surface area contributed by atoms with Crippen LogP contribution in [0.25, 0.3) is 5.70 Å². The van der Waals surface area contributed by atoms with Crippen molar-refractivity contribution in [3.8, 4) is 6.07 Å². The summed E-state index contributed by atoms with van der Waals surface area (Å²) < 4.78 is 54.6. The number of carbonyl (C=O) groups excluding carboxylic acids is 1. The first kappa shape index (κ1) is 30.5. The van der Waals surface area contributed by atoms with Gasteiger partial charge in [-0.15, -0.1) is 0 Å². The number of aromatic nitrogens is 2. The number of halogens is 4. The molecule has 0 N–H and O–H groups in total. The Kier molecular flexibility index (Phi) is 9.85. The van der Waals surface area contributed by atoms with Gasteiger partial charge in [-0.05, 0) is 63.5 Å². The zero-order valence-corrected chi connectivity index (χ0v) is 23.0. The molecule has 0 saturated heterocycles. The third kappa shape index (κ3) is 6.76. The molecule has 0 fully saturated rings. The second-order valence-corrected chi connectivity index (χ2v) is 9.63. The molecule has 2 aromatic rings. The zero-order valence-electron chi connectivity index (χ0n) is 23.0. The van der Waals surface area contributed by atoms with Crippen molar-refractivity contribution >= 4 is 17.3 Å². The van der Waals surface area contributed by atoms with Gasteiger partial charge >= 0.3 is 6.18 Å². The molecule has 1 aliphatic rings. The van der Waals surface area contributed by atoms with Gasteiger partial charge in [0.1, 0.15) is 23.2 Å². The van der Waals surface area contributed by atoms with Gasteiger partial charge in [0.15, 0.2) is 0 Å². The number of ketones is 1. The van der Waals surface area contributed by atoms with Crippen LogP contribution < -0.4 is 10.5 Å². The highest BCUT2D eigenvalue weighted by atomic mass is 19.4. The lowest BCUT2D eigenvalue weighted by molar-refractivity contribution is -0.140. The highest BCUT2D eigenvalue weighted by Crippen LogP contribution is 2.32. The van der Waals surface area contributed by atoms with Crippen molar-refractivity contribution in [1.29, 1.82) is 5.26 Å². The molecule has 10 heteroatoms. The van der Waals surface area contributed by atoms with Crippen molar-refractivity contribution in [2.45, 2.75) is 65.5 Å². The van der Waals surface area contributed by atoms with Gasteiger partial charge in [-0.25, -0.2) is 9.37 Å². The van der Waals surface area contributed by atoms with Crippen molar-refractivity contribution in [2.24, 2.45) is 0 Å². The summed E-state index contributed by atoms with van der Waals surface area (Å²) in [7, 11) is 0. The lowest BCUT2D eigenvalue weighted by atomic mass is 9.97. The third-order valence-electron chi connectivity index (χ3n) is 6.86. The van der Waals surface area contributed by atoms with Crippen molar-refractivity contribution in [3.05, 3.63) is 86.8 Å². The van der Waals surface area contributed by atoms with Gasteiger partial charge in [0.2, 0.25) is 0 Å². The molecule has 0 bridgehead atoms. The highest BCUT2D eigenvalue weighted by molar-refractivity contribution is 5.81. The smallest absolute Gasteiger partial charge is 0.356 e. The average molecular weight is 557 g/mol. The molecule has 212 valence electrons. The van der Waals surface area contributed by atoms with Crippen molar-refractivity contribution in [2.75, 3.05) is 18.0 Å². The Morgan fingerprint density at radius 3 is 2.55 bits per heavy atom. The van der Waals surface area contributed by atoms with Crippen LogP contribution >= 0.6 is 0 Å². The van der Waals surface area contributed by atoms with Gasteiger partial charge in [-0.1, -0.05) is 25.1 Å². The molecule has 0 spiro atoms. The SMILES string of the molecule is C\C=C(C#N)/C=C\C(=C/C)n1c(C(C)CC(=O)Cc2ccc(F)c(C(F)(F)F)c2)nc2c(c1=O)CCCN2CC. The van der Waals surface area contributed by atoms with Crippen LogP contribution in [0.1, 0.15) is 69.0 Å². The number of carbonyl (C=O) groups is 1. The lowest BCUT2D eigenvalue weighted by Crippen LogP contribution is -2.38. The molecule has 0 amide bonds. The monoisotopic (exact) mass is 556 g/mol. The molecule has 0 aliphatic carbocycles. The molecule has 6 nitrogen and oxygen atoms in total. The molecular weight excluding hydrogens is 524 g/mol. The summed E-state index contributed by atoms with van der Waals surface area (Å²) in [5, 5.41) is 9.29. The molecule has 1 aliphatic heterocycles. The first-order valence-electron chi connectivity index (χ1n) is 13.1. The summed E-state index contributed by atoms with van der Waals surface area (Å²) in [5.41, 5.74) is -0.184. The molecule has 1 unspecified atom stereocenters. The second-order valence-electron chi connectivity index (χ2n) is 9.63. The fraction of sp³-hybridized carbons (Fsp3) is 0.400. The Morgan fingerprint density at radius 2 is 1.95 bits per heavy atom. The number of anilines is 1. The van der Waals surface area contributed by atoms with Gasteiger partial charge in [0, 0.05) is 43.1 Å². The topological polar surface area (TPSA) is 79.0 Å². The minimum atomic E-state index is -4.88. The largest absolute Gasteiger partial charge is 0.419 e. The number of rotatable bonds is 9. The van der Waals surface area contributed by atoms with Crippen molar-refractivity contribution in [3.63, 3.8) is 0 Å². The van der Waals surface area contributed by atoms with E-state index in [4.69, 9.17) is 4.98 Å². The van der Waals surface area contributed by atoms with E-state index in [1.165, 1.54) is 4.57 Å². The van der Waals surface area contributed by atoms with Crippen LogP contribution in [0.4, 0.5) is 23.4 Å². The summed E-state index contributed by atoms with van der Waals surface area (Å²) >= 11 is 0. The third-order valence-corrected chi connectivity index (χ3v) is 6.86. The maximum absolute atomic E-state index is 13.8. The van der Waals surface area contributed by atoms with E-state index >= 15 is 0 Å². The Hall–Kier alpha value is -4.00. The van der Waals surface area contributed by atoms with Crippen LogP contribution in [0.2, 0.25) is 0 Å². The first-order chi connectivity index (χ1) is 18.9. The van der Waals surface area contributed by atoms with E-state index in [9.17, 15) is 32.4 Å². The molecule has 2 heterocycles. The average Bonchev–Trinajstić information content (AvgIpc) is 2.91. The maximum atomic E-state index is 13.8.